The third-order valence-corrected chi connectivity index (χ3v) is 8.13. The maximum atomic E-state index is 13.3. The molecule has 3 aliphatic rings. The van der Waals surface area contributed by atoms with Crippen molar-refractivity contribution in [2.24, 2.45) is 22.6 Å². The Hall–Kier alpha value is -2.28. The lowest BCUT2D eigenvalue weighted by Gasteiger charge is -2.35. The van der Waals surface area contributed by atoms with Crippen LogP contribution in [-0.2, 0) is 4.79 Å². The quantitative estimate of drug-likeness (QED) is 0.486. The van der Waals surface area contributed by atoms with E-state index in [9.17, 15) is 9.59 Å². The van der Waals surface area contributed by atoms with E-state index in [1.165, 1.54) is 37.0 Å². The molecule has 4 rings (SSSR count). The SMILES string of the molecule is CN1C(=O)[C@@](CCC2CCCCC2)(C[C@H]2CCCC(NC(=O)Nc3cccc(Cl)c3)C2)N=C1N. The minimum absolute atomic E-state index is 0.0367. The number of likely N-dealkylation sites (N-methyl/N-ethyl adjacent to an activating group) is 1. The molecule has 4 N–H and O–H groups in total. The van der Waals surface area contributed by atoms with E-state index >= 15 is 0 Å². The van der Waals surface area contributed by atoms with Gasteiger partial charge in [0.2, 0.25) is 0 Å². The number of carbonyl (C=O) groups is 2. The van der Waals surface area contributed by atoms with Gasteiger partial charge in [0.15, 0.2) is 5.96 Å². The van der Waals surface area contributed by atoms with Crippen molar-refractivity contribution in [3.8, 4) is 0 Å². The fourth-order valence-corrected chi connectivity index (χ4v) is 6.27. The lowest BCUT2D eigenvalue weighted by Crippen LogP contribution is -2.45. The topological polar surface area (TPSA) is 99.8 Å². The molecule has 1 aliphatic heterocycles. The predicted molar refractivity (Wildman–Crippen MR) is 137 cm³/mol. The molecular weight excluding hydrogens is 450 g/mol. The van der Waals surface area contributed by atoms with Crippen molar-refractivity contribution in [3.05, 3.63) is 29.3 Å². The zero-order chi connectivity index (χ0) is 24.1. The smallest absolute Gasteiger partial charge is 0.319 e. The predicted octanol–water partition coefficient (Wildman–Crippen LogP) is 5.30. The highest BCUT2D eigenvalue weighted by Gasteiger charge is 2.48. The monoisotopic (exact) mass is 487 g/mol. The number of rotatable bonds is 7. The second-order valence-corrected chi connectivity index (χ2v) is 10.9. The zero-order valence-corrected chi connectivity index (χ0v) is 20.9. The highest BCUT2D eigenvalue weighted by Crippen LogP contribution is 2.40. The van der Waals surface area contributed by atoms with E-state index in [2.05, 4.69) is 10.6 Å². The largest absolute Gasteiger partial charge is 0.369 e. The third-order valence-electron chi connectivity index (χ3n) is 7.89. The maximum absolute atomic E-state index is 13.3. The van der Waals surface area contributed by atoms with Gasteiger partial charge < -0.3 is 16.4 Å². The minimum atomic E-state index is -0.744. The number of guanidine groups is 1. The van der Waals surface area contributed by atoms with E-state index in [0.717, 1.165) is 38.5 Å². The van der Waals surface area contributed by atoms with Gasteiger partial charge in [0, 0.05) is 23.8 Å². The Bertz CT molecular complexity index is 916. The number of aliphatic imine (C=N–C) groups is 1. The summed E-state index contributed by atoms with van der Waals surface area (Å²) in [4.78, 5) is 32.2. The van der Waals surface area contributed by atoms with E-state index in [-0.39, 0.29) is 18.0 Å². The number of anilines is 1. The minimum Gasteiger partial charge on any atom is -0.369 e. The second-order valence-electron chi connectivity index (χ2n) is 10.5. The number of amides is 3. The van der Waals surface area contributed by atoms with Crippen LogP contribution in [0.25, 0.3) is 0 Å². The van der Waals surface area contributed by atoms with Crippen LogP contribution in [0.5, 0.6) is 0 Å². The number of hydrogen-bond acceptors (Lipinski definition) is 4. The van der Waals surface area contributed by atoms with Gasteiger partial charge in [0.1, 0.15) is 5.54 Å². The van der Waals surface area contributed by atoms with Gasteiger partial charge in [-0.05, 0) is 62.1 Å². The molecule has 2 fully saturated rings. The number of nitrogens with two attached hydrogens (primary N) is 1. The molecule has 0 bridgehead atoms. The van der Waals surface area contributed by atoms with Crippen molar-refractivity contribution in [2.75, 3.05) is 12.4 Å². The van der Waals surface area contributed by atoms with Crippen LogP contribution in [0.1, 0.15) is 77.0 Å². The summed E-state index contributed by atoms with van der Waals surface area (Å²) in [7, 11) is 1.73. The number of hydrogen-bond donors (Lipinski definition) is 3. The van der Waals surface area contributed by atoms with Crippen molar-refractivity contribution in [3.63, 3.8) is 0 Å². The number of halogens is 1. The van der Waals surface area contributed by atoms with Gasteiger partial charge in [0.25, 0.3) is 5.91 Å². The lowest BCUT2D eigenvalue weighted by atomic mass is 9.74. The highest BCUT2D eigenvalue weighted by molar-refractivity contribution is 6.30. The van der Waals surface area contributed by atoms with Crippen molar-refractivity contribution in [1.82, 2.24) is 10.2 Å². The van der Waals surface area contributed by atoms with Crippen LogP contribution in [0, 0.1) is 11.8 Å². The Morgan fingerprint density at radius 2 is 1.94 bits per heavy atom. The Balaban J connectivity index is 1.37. The molecule has 0 radical (unpaired) electrons. The summed E-state index contributed by atoms with van der Waals surface area (Å²) in [5.74, 6) is 1.38. The molecule has 8 heteroatoms. The number of carbonyl (C=O) groups excluding carboxylic acids is 2. The molecule has 3 atom stereocenters. The Kier molecular flexibility index (Phi) is 8.02. The molecule has 1 heterocycles. The Morgan fingerprint density at radius 3 is 2.65 bits per heavy atom. The summed E-state index contributed by atoms with van der Waals surface area (Å²) in [5.41, 5.74) is 6.04. The standard InChI is InChI=1S/C26H38ClN5O2/c1-32-23(33)26(31-24(32)28,14-13-18-7-3-2-4-8-18)17-19-9-5-11-21(15-19)29-25(34)30-22-12-6-10-20(27)16-22/h6,10,12,16,18-19,21H,2-5,7-9,11,13-15,17H2,1H3,(H2,28,31)(H2,29,30,34)/t19-,21?,26+/m0/s1. The molecule has 34 heavy (non-hydrogen) atoms. The van der Waals surface area contributed by atoms with Gasteiger partial charge in [-0.2, -0.15) is 0 Å². The first-order valence-corrected chi connectivity index (χ1v) is 13.2. The average molecular weight is 488 g/mol. The van der Waals surface area contributed by atoms with Gasteiger partial charge in [-0.15, -0.1) is 0 Å². The molecule has 7 nitrogen and oxygen atoms in total. The molecule has 1 unspecified atom stereocenters. The van der Waals surface area contributed by atoms with Crippen LogP contribution in [0.15, 0.2) is 29.3 Å². The fourth-order valence-electron chi connectivity index (χ4n) is 6.08. The van der Waals surface area contributed by atoms with E-state index < -0.39 is 5.54 Å². The van der Waals surface area contributed by atoms with Crippen LogP contribution in [-0.4, -0.2) is 41.4 Å². The van der Waals surface area contributed by atoms with Crippen molar-refractivity contribution in [2.45, 2.75) is 88.6 Å². The molecular formula is C26H38ClN5O2. The molecule has 2 aliphatic carbocycles. The van der Waals surface area contributed by atoms with Gasteiger partial charge in [-0.25, -0.2) is 9.79 Å². The molecule has 0 saturated heterocycles. The van der Waals surface area contributed by atoms with Crippen molar-refractivity contribution < 1.29 is 9.59 Å². The first kappa shape index (κ1) is 24.8. The van der Waals surface area contributed by atoms with Gasteiger partial charge >= 0.3 is 6.03 Å². The van der Waals surface area contributed by atoms with Crippen LogP contribution in [0.2, 0.25) is 5.02 Å². The van der Waals surface area contributed by atoms with E-state index in [0.29, 0.717) is 34.9 Å². The summed E-state index contributed by atoms with van der Waals surface area (Å²) in [5, 5.41) is 6.57. The van der Waals surface area contributed by atoms with E-state index in [1.54, 1.807) is 19.2 Å². The molecule has 0 aromatic heterocycles. The summed E-state index contributed by atoms with van der Waals surface area (Å²) >= 11 is 6.02. The van der Waals surface area contributed by atoms with Gasteiger partial charge in [-0.3, -0.25) is 9.69 Å². The molecule has 186 valence electrons. The highest BCUT2D eigenvalue weighted by atomic mass is 35.5. The summed E-state index contributed by atoms with van der Waals surface area (Å²) in [6.45, 7) is 0. The Labute approximate surface area is 207 Å². The summed E-state index contributed by atoms with van der Waals surface area (Å²) < 4.78 is 0. The first-order chi connectivity index (χ1) is 16.3. The van der Waals surface area contributed by atoms with Crippen LogP contribution in [0.4, 0.5) is 10.5 Å². The normalized spacial score (nSPS) is 28.0. The molecule has 3 amide bonds. The van der Waals surface area contributed by atoms with Crippen LogP contribution >= 0.6 is 11.6 Å². The van der Waals surface area contributed by atoms with Gasteiger partial charge in [0.05, 0.1) is 0 Å². The van der Waals surface area contributed by atoms with E-state index in [4.69, 9.17) is 22.3 Å². The fraction of sp³-hybridized carbons (Fsp3) is 0.654. The summed E-state index contributed by atoms with van der Waals surface area (Å²) in [6, 6.07) is 6.98. The lowest BCUT2D eigenvalue weighted by molar-refractivity contribution is -0.131. The average Bonchev–Trinajstić information content (AvgIpc) is 3.02. The second kappa shape index (κ2) is 11.0. The van der Waals surface area contributed by atoms with Crippen molar-refractivity contribution in [1.29, 1.82) is 0 Å². The first-order valence-electron chi connectivity index (χ1n) is 12.8. The van der Waals surface area contributed by atoms with Crippen LogP contribution in [0.3, 0.4) is 0 Å². The summed E-state index contributed by atoms with van der Waals surface area (Å²) in [6.07, 6.45) is 12.8. The third kappa shape index (κ3) is 6.04. The number of nitrogens with one attached hydrogen (secondary N) is 2. The number of urea groups is 1. The Morgan fingerprint density at radius 1 is 1.18 bits per heavy atom. The number of nitrogens with zero attached hydrogens (tertiary/aromatic N) is 2. The molecule has 0 spiro atoms. The molecule has 1 aromatic rings. The molecule has 2 saturated carbocycles. The molecule has 1 aromatic carbocycles. The zero-order valence-electron chi connectivity index (χ0n) is 20.2. The van der Waals surface area contributed by atoms with Crippen molar-refractivity contribution >= 4 is 35.2 Å². The maximum Gasteiger partial charge on any atom is 0.319 e. The van der Waals surface area contributed by atoms with Crippen LogP contribution < -0.4 is 16.4 Å². The van der Waals surface area contributed by atoms with Gasteiger partial charge in [-0.1, -0.05) is 62.6 Å². The number of benzene rings is 1. The van der Waals surface area contributed by atoms with E-state index in [1.807, 2.05) is 12.1 Å².